The normalized spacial score (nSPS) is 17.9. The molecule has 0 radical (unpaired) electrons. The molecule has 126 valence electrons. The molecule has 1 aromatic carbocycles. The summed E-state index contributed by atoms with van der Waals surface area (Å²) >= 11 is 2.36. The molecule has 0 spiro atoms. The highest BCUT2D eigenvalue weighted by atomic mass is 127. The minimum atomic E-state index is 0.705. The molecule has 1 aromatic heterocycles. The Labute approximate surface area is 153 Å². The third kappa shape index (κ3) is 4.27. The zero-order chi connectivity index (χ0) is 16.2. The van der Waals surface area contributed by atoms with Gasteiger partial charge in [0.1, 0.15) is 3.70 Å². The number of piperidine rings is 1. The Morgan fingerprint density at radius 2 is 1.87 bits per heavy atom. The molecule has 1 fully saturated rings. The Bertz CT molecular complexity index is 629. The van der Waals surface area contributed by atoms with Gasteiger partial charge in [0.2, 0.25) is 0 Å². The SMILES string of the molecule is CC(C)CC(CCn1nc(I)c2ccccc21)N1CCCCC1. The number of fused-ring (bicyclic) bond motifs is 1. The van der Waals surface area contributed by atoms with E-state index in [1.54, 1.807) is 0 Å². The quantitative estimate of drug-likeness (QED) is 0.612. The van der Waals surface area contributed by atoms with Crippen LogP contribution in [-0.4, -0.2) is 33.8 Å². The van der Waals surface area contributed by atoms with E-state index in [9.17, 15) is 0 Å². The third-order valence-electron chi connectivity index (χ3n) is 4.94. The molecule has 2 heterocycles. The first kappa shape index (κ1) is 17.2. The van der Waals surface area contributed by atoms with E-state index >= 15 is 0 Å². The number of hydrogen-bond donors (Lipinski definition) is 0. The Morgan fingerprint density at radius 3 is 2.61 bits per heavy atom. The predicted molar refractivity (Wildman–Crippen MR) is 106 cm³/mol. The molecule has 1 saturated heterocycles. The van der Waals surface area contributed by atoms with E-state index in [-0.39, 0.29) is 0 Å². The summed E-state index contributed by atoms with van der Waals surface area (Å²) in [5.74, 6) is 0.761. The fourth-order valence-electron chi connectivity index (χ4n) is 3.81. The average Bonchev–Trinajstić information content (AvgIpc) is 2.89. The van der Waals surface area contributed by atoms with Crippen molar-refractivity contribution in [3.05, 3.63) is 28.0 Å². The van der Waals surface area contributed by atoms with Gasteiger partial charge in [-0.15, -0.1) is 0 Å². The average molecular weight is 425 g/mol. The van der Waals surface area contributed by atoms with Crippen LogP contribution in [0, 0.1) is 9.62 Å². The van der Waals surface area contributed by atoms with Gasteiger partial charge in [0.05, 0.1) is 5.52 Å². The number of para-hydroxylation sites is 1. The van der Waals surface area contributed by atoms with Crippen molar-refractivity contribution in [2.75, 3.05) is 13.1 Å². The van der Waals surface area contributed by atoms with Crippen LogP contribution in [-0.2, 0) is 6.54 Å². The van der Waals surface area contributed by atoms with Crippen LogP contribution in [0.15, 0.2) is 24.3 Å². The summed E-state index contributed by atoms with van der Waals surface area (Å²) in [5.41, 5.74) is 1.28. The van der Waals surface area contributed by atoms with Crippen LogP contribution < -0.4 is 0 Å². The largest absolute Gasteiger partial charge is 0.300 e. The minimum Gasteiger partial charge on any atom is -0.300 e. The number of aromatic nitrogens is 2. The van der Waals surface area contributed by atoms with Gasteiger partial charge in [-0.2, -0.15) is 5.10 Å². The molecule has 0 saturated carbocycles. The van der Waals surface area contributed by atoms with E-state index in [0.29, 0.717) is 6.04 Å². The second-order valence-corrected chi connectivity index (χ2v) is 8.22. The molecule has 0 amide bonds. The molecule has 1 atom stereocenters. The summed E-state index contributed by atoms with van der Waals surface area (Å²) in [6.45, 7) is 8.30. The number of nitrogens with zero attached hydrogens (tertiary/aromatic N) is 3. The first-order valence-corrected chi connectivity index (χ1v) is 10.1. The zero-order valence-electron chi connectivity index (χ0n) is 14.3. The smallest absolute Gasteiger partial charge is 0.131 e. The molecule has 0 bridgehead atoms. The Balaban J connectivity index is 1.71. The molecule has 1 aliphatic rings. The monoisotopic (exact) mass is 425 g/mol. The lowest BCUT2D eigenvalue weighted by molar-refractivity contribution is 0.133. The van der Waals surface area contributed by atoms with E-state index in [2.05, 4.69) is 70.3 Å². The second kappa shape index (κ2) is 7.97. The Kier molecular flexibility index (Phi) is 5.96. The molecule has 3 nitrogen and oxygen atoms in total. The van der Waals surface area contributed by atoms with Crippen molar-refractivity contribution in [3.8, 4) is 0 Å². The van der Waals surface area contributed by atoms with E-state index in [1.807, 2.05) is 0 Å². The molecule has 4 heteroatoms. The van der Waals surface area contributed by atoms with Crippen LogP contribution in [0.3, 0.4) is 0 Å². The molecule has 1 unspecified atom stereocenters. The second-order valence-electron chi connectivity index (χ2n) is 7.20. The standard InChI is InChI=1S/C19H28IN3/c1-15(2)14-16(22-11-6-3-7-12-22)10-13-23-18-9-5-4-8-17(18)19(20)21-23/h4-5,8-9,15-16H,3,6-7,10-14H2,1-2H3. The molecule has 2 aromatic rings. The first-order valence-electron chi connectivity index (χ1n) is 9.00. The van der Waals surface area contributed by atoms with Crippen molar-refractivity contribution in [2.45, 2.75) is 58.5 Å². The first-order chi connectivity index (χ1) is 11.1. The number of hydrogen-bond acceptors (Lipinski definition) is 2. The van der Waals surface area contributed by atoms with Crippen LogP contribution in [0.25, 0.3) is 10.9 Å². The zero-order valence-corrected chi connectivity index (χ0v) is 16.5. The van der Waals surface area contributed by atoms with Crippen LogP contribution in [0.4, 0.5) is 0 Å². The van der Waals surface area contributed by atoms with Crippen LogP contribution in [0.1, 0.15) is 46.0 Å². The predicted octanol–water partition coefficient (Wildman–Crippen LogP) is 4.93. The maximum atomic E-state index is 4.77. The van der Waals surface area contributed by atoms with Gasteiger partial charge in [-0.1, -0.05) is 38.5 Å². The number of aryl methyl sites for hydroxylation is 1. The van der Waals surface area contributed by atoms with Gasteiger partial charge in [-0.25, -0.2) is 0 Å². The van der Waals surface area contributed by atoms with Crippen molar-refractivity contribution >= 4 is 33.5 Å². The van der Waals surface area contributed by atoms with Gasteiger partial charge in [-0.05, 0) is 73.3 Å². The number of likely N-dealkylation sites (tertiary alicyclic amines) is 1. The molecule has 23 heavy (non-hydrogen) atoms. The molecular formula is C19H28IN3. The lowest BCUT2D eigenvalue weighted by Gasteiger charge is -2.35. The van der Waals surface area contributed by atoms with Crippen molar-refractivity contribution in [1.82, 2.24) is 14.7 Å². The maximum absolute atomic E-state index is 4.77. The lowest BCUT2D eigenvalue weighted by atomic mass is 9.97. The number of halogens is 1. The van der Waals surface area contributed by atoms with Crippen molar-refractivity contribution in [1.29, 1.82) is 0 Å². The van der Waals surface area contributed by atoms with E-state index in [4.69, 9.17) is 5.10 Å². The summed E-state index contributed by atoms with van der Waals surface area (Å²) in [6.07, 6.45) is 6.66. The van der Waals surface area contributed by atoms with Gasteiger partial charge in [-0.3, -0.25) is 4.68 Å². The topological polar surface area (TPSA) is 21.1 Å². The highest BCUT2D eigenvalue weighted by Gasteiger charge is 2.22. The van der Waals surface area contributed by atoms with E-state index in [0.717, 1.165) is 16.2 Å². The maximum Gasteiger partial charge on any atom is 0.131 e. The highest BCUT2D eigenvalue weighted by molar-refractivity contribution is 14.1. The fraction of sp³-hybridized carbons (Fsp3) is 0.632. The minimum absolute atomic E-state index is 0.705. The van der Waals surface area contributed by atoms with Crippen LogP contribution >= 0.6 is 22.6 Å². The Hall–Kier alpha value is -0.620. The summed E-state index contributed by atoms with van der Waals surface area (Å²) in [6, 6.07) is 9.30. The fourth-order valence-corrected chi connectivity index (χ4v) is 4.52. The molecular weight excluding hydrogens is 397 g/mol. The van der Waals surface area contributed by atoms with Crippen molar-refractivity contribution in [2.24, 2.45) is 5.92 Å². The number of rotatable bonds is 6. The van der Waals surface area contributed by atoms with E-state index < -0.39 is 0 Å². The van der Waals surface area contributed by atoms with Crippen LogP contribution in [0.5, 0.6) is 0 Å². The summed E-state index contributed by atoms with van der Waals surface area (Å²) in [7, 11) is 0. The summed E-state index contributed by atoms with van der Waals surface area (Å²) in [4.78, 5) is 2.74. The molecule has 1 aliphatic heterocycles. The molecule has 0 aliphatic carbocycles. The van der Waals surface area contributed by atoms with E-state index in [1.165, 1.54) is 56.1 Å². The summed E-state index contributed by atoms with van der Waals surface area (Å²) < 4.78 is 3.34. The van der Waals surface area contributed by atoms with Gasteiger partial charge in [0.15, 0.2) is 0 Å². The molecule has 0 N–H and O–H groups in total. The van der Waals surface area contributed by atoms with Gasteiger partial charge < -0.3 is 4.90 Å². The van der Waals surface area contributed by atoms with Crippen molar-refractivity contribution < 1.29 is 0 Å². The van der Waals surface area contributed by atoms with Crippen LogP contribution in [0.2, 0.25) is 0 Å². The Morgan fingerprint density at radius 1 is 1.13 bits per heavy atom. The number of benzene rings is 1. The van der Waals surface area contributed by atoms with Crippen molar-refractivity contribution in [3.63, 3.8) is 0 Å². The summed E-state index contributed by atoms with van der Waals surface area (Å²) in [5, 5.41) is 6.05. The third-order valence-corrected chi connectivity index (χ3v) is 5.73. The van der Waals surface area contributed by atoms with Gasteiger partial charge in [0.25, 0.3) is 0 Å². The van der Waals surface area contributed by atoms with Gasteiger partial charge in [0, 0.05) is 18.0 Å². The van der Waals surface area contributed by atoms with Gasteiger partial charge >= 0.3 is 0 Å². The molecule has 3 rings (SSSR count). The highest BCUT2D eigenvalue weighted by Crippen LogP contribution is 2.23. The lowest BCUT2D eigenvalue weighted by Crippen LogP contribution is -2.40.